The van der Waals surface area contributed by atoms with E-state index in [2.05, 4.69) is 0 Å². The lowest BCUT2D eigenvalue weighted by atomic mass is 9.82. The minimum Gasteiger partial charge on any atom is -0.377 e. The molecule has 0 radical (unpaired) electrons. The zero-order valence-corrected chi connectivity index (χ0v) is 18.3. The fraction of sp³-hybridized carbons (Fsp3) is 0.250. The van der Waals surface area contributed by atoms with E-state index in [1.54, 1.807) is 24.3 Å². The van der Waals surface area contributed by atoms with Crippen LogP contribution in [0.2, 0.25) is 0 Å². The summed E-state index contributed by atoms with van der Waals surface area (Å²) in [5.41, 5.74) is 1.83. The molecule has 5 rings (SSSR count). The lowest BCUT2D eigenvalue weighted by Crippen LogP contribution is -2.41. The largest absolute Gasteiger partial charge is 0.377 e. The summed E-state index contributed by atoms with van der Waals surface area (Å²) in [4.78, 5) is 1.88. The molecule has 160 valence electrons. The van der Waals surface area contributed by atoms with Crippen LogP contribution in [-0.4, -0.2) is 26.7 Å². The number of nitrogens with zero attached hydrogens (tertiary/aromatic N) is 1. The first-order valence-electron chi connectivity index (χ1n) is 10.2. The normalized spacial score (nSPS) is 23.8. The highest BCUT2D eigenvalue weighted by atomic mass is 32.2. The molecule has 0 saturated carbocycles. The highest BCUT2D eigenvalue weighted by molar-refractivity contribution is 8.09. The second kappa shape index (κ2) is 8.82. The Balaban J connectivity index is 1.44. The van der Waals surface area contributed by atoms with Crippen molar-refractivity contribution in [3.8, 4) is 0 Å². The van der Waals surface area contributed by atoms with E-state index >= 15 is 0 Å². The number of ether oxygens (including phenoxy) is 1. The molecule has 3 atom stereocenters. The van der Waals surface area contributed by atoms with Gasteiger partial charge in [0.05, 0.1) is 11.0 Å². The number of benzene rings is 3. The summed E-state index contributed by atoms with van der Waals surface area (Å²) in [7, 11) is -1.21. The summed E-state index contributed by atoms with van der Waals surface area (Å²) in [5, 5.41) is 0. The van der Waals surface area contributed by atoms with Gasteiger partial charge in [0.15, 0.2) is 0 Å². The van der Waals surface area contributed by atoms with E-state index in [4.69, 9.17) is 4.74 Å². The molecule has 0 bridgehead atoms. The quantitative estimate of drug-likeness (QED) is 0.472. The zero-order chi connectivity index (χ0) is 21.4. The second-order valence-electron chi connectivity index (χ2n) is 7.74. The fourth-order valence-corrected chi connectivity index (χ4v) is 7.30. The van der Waals surface area contributed by atoms with Crippen molar-refractivity contribution < 1.29 is 17.7 Å². The van der Waals surface area contributed by atoms with Crippen LogP contribution in [0.4, 0.5) is 8.78 Å². The highest BCUT2D eigenvalue weighted by Gasteiger charge is 2.39. The summed E-state index contributed by atoms with van der Waals surface area (Å²) in [6, 6.07) is 20.6. The van der Waals surface area contributed by atoms with Crippen molar-refractivity contribution in [1.29, 1.82) is 0 Å². The van der Waals surface area contributed by atoms with E-state index < -0.39 is 11.0 Å². The molecule has 2 heterocycles. The first kappa shape index (κ1) is 20.8. The van der Waals surface area contributed by atoms with Crippen molar-refractivity contribution in [3.05, 3.63) is 95.6 Å². The van der Waals surface area contributed by atoms with E-state index in [-0.39, 0.29) is 29.7 Å². The first-order chi connectivity index (χ1) is 15.1. The molecule has 0 aromatic heterocycles. The van der Waals surface area contributed by atoms with Crippen molar-refractivity contribution in [2.24, 2.45) is 0 Å². The van der Waals surface area contributed by atoms with Gasteiger partial charge >= 0.3 is 0 Å². The maximum Gasteiger partial charge on any atom is 0.139 e. The van der Waals surface area contributed by atoms with Gasteiger partial charge in [-0.2, -0.15) is 3.71 Å². The monoisotopic (exact) mass is 457 g/mol. The number of hydrogen-bond acceptors (Lipinski definition) is 3. The molecule has 3 nitrogen and oxygen atoms in total. The van der Waals surface area contributed by atoms with Crippen LogP contribution >= 0.6 is 11.9 Å². The van der Waals surface area contributed by atoms with Gasteiger partial charge in [0.2, 0.25) is 0 Å². The van der Waals surface area contributed by atoms with Crippen LogP contribution in [-0.2, 0) is 15.7 Å². The van der Waals surface area contributed by atoms with E-state index in [1.807, 2.05) is 28.0 Å². The Hall–Kier alpha value is -2.06. The molecule has 2 aliphatic rings. The number of fused-ring (bicyclic) bond motifs is 1. The summed E-state index contributed by atoms with van der Waals surface area (Å²) in [5.74, 6) is -0.774. The van der Waals surface area contributed by atoms with Gasteiger partial charge in [-0.3, -0.25) is 0 Å². The summed E-state index contributed by atoms with van der Waals surface area (Å²) in [6.45, 7) is 0.541. The molecule has 31 heavy (non-hydrogen) atoms. The van der Waals surface area contributed by atoms with Gasteiger partial charge in [-0.15, -0.1) is 0 Å². The molecule has 7 heteroatoms. The van der Waals surface area contributed by atoms with Crippen LogP contribution < -0.4 is 0 Å². The summed E-state index contributed by atoms with van der Waals surface area (Å²) in [6.07, 6.45) is 1.26. The van der Waals surface area contributed by atoms with Crippen LogP contribution in [0.5, 0.6) is 0 Å². The average Bonchev–Trinajstić information content (AvgIpc) is 3.14. The lowest BCUT2D eigenvalue weighted by molar-refractivity contribution is -0.0108. The van der Waals surface area contributed by atoms with Crippen molar-refractivity contribution in [1.82, 2.24) is 3.71 Å². The standard InChI is InChI=1S/C24H21F2NO2S2/c25-18-9-5-16(6-10-18)24(17-7-11-19(26)12-8-17)21-15-20(13-14-29-21)27-30-22-3-1-2-4-23(22)31(27)28/h1-12,20-21,24H,13-15H2/t20-,21?,31?/m0/s1. The third kappa shape index (κ3) is 4.20. The minimum atomic E-state index is -1.21. The minimum absolute atomic E-state index is 0.0698. The van der Waals surface area contributed by atoms with Gasteiger partial charge in [-0.25, -0.2) is 13.0 Å². The van der Waals surface area contributed by atoms with Crippen molar-refractivity contribution >= 4 is 22.9 Å². The number of hydrogen-bond donors (Lipinski definition) is 0. The summed E-state index contributed by atoms with van der Waals surface area (Å²) >= 11 is 1.54. The van der Waals surface area contributed by atoms with E-state index in [9.17, 15) is 13.0 Å². The second-order valence-corrected chi connectivity index (χ2v) is 10.3. The van der Waals surface area contributed by atoms with Gasteiger partial charge in [0.25, 0.3) is 0 Å². The molecule has 0 aliphatic carbocycles. The average molecular weight is 458 g/mol. The van der Waals surface area contributed by atoms with E-state index in [0.29, 0.717) is 13.0 Å². The van der Waals surface area contributed by atoms with Crippen molar-refractivity contribution in [2.75, 3.05) is 6.61 Å². The molecule has 0 spiro atoms. The molecule has 3 aromatic carbocycles. The topological polar surface area (TPSA) is 29.5 Å². The molecular formula is C24H21F2NO2S2. The molecule has 2 unspecified atom stereocenters. The smallest absolute Gasteiger partial charge is 0.139 e. The van der Waals surface area contributed by atoms with Crippen LogP contribution in [0.25, 0.3) is 0 Å². The van der Waals surface area contributed by atoms with Crippen LogP contribution in [0, 0.1) is 11.6 Å². The van der Waals surface area contributed by atoms with Gasteiger partial charge in [-0.05, 0) is 72.3 Å². The third-order valence-electron chi connectivity index (χ3n) is 5.80. The number of rotatable bonds is 4. The van der Waals surface area contributed by atoms with Crippen LogP contribution in [0.1, 0.15) is 29.9 Å². The Morgan fingerprint density at radius 1 is 0.935 bits per heavy atom. The number of halogens is 2. The molecular weight excluding hydrogens is 436 g/mol. The molecule has 0 N–H and O–H groups in total. The first-order valence-corrected chi connectivity index (χ1v) is 12.1. The molecule has 2 aliphatic heterocycles. The molecule has 1 fully saturated rings. The van der Waals surface area contributed by atoms with Gasteiger partial charge in [-0.1, -0.05) is 36.4 Å². The maximum absolute atomic E-state index is 13.6. The molecule has 3 aromatic rings. The van der Waals surface area contributed by atoms with Gasteiger partial charge in [0, 0.05) is 23.5 Å². The van der Waals surface area contributed by atoms with Gasteiger partial charge in [0.1, 0.15) is 22.6 Å². The predicted octanol–water partition coefficient (Wildman–Crippen LogP) is 5.69. The Morgan fingerprint density at radius 2 is 1.55 bits per heavy atom. The van der Waals surface area contributed by atoms with E-state index in [0.717, 1.165) is 27.3 Å². The van der Waals surface area contributed by atoms with Crippen molar-refractivity contribution in [3.63, 3.8) is 0 Å². The third-order valence-corrected chi connectivity index (χ3v) is 8.95. The lowest BCUT2D eigenvalue weighted by Gasteiger charge is -2.37. The zero-order valence-electron chi connectivity index (χ0n) is 16.6. The Labute approximate surface area is 187 Å². The molecule has 0 amide bonds. The van der Waals surface area contributed by atoms with E-state index in [1.165, 1.54) is 36.2 Å². The van der Waals surface area contributed by atoms with Gasteiger partial charge < -0.3 is 4.74 Å². The Morgan fingerprint density at radius 3 is 2.16 bits per heavy atom. The predicted molar refractivity (Wildman–Crippen MR) is 118 cm³/mol. The SMILES string of the molecule is O=S1c2ccccc2SN1[C@H]1CCOC(C(c2ccc(F)cc2)c2ccc(F)cc2)C1. The Bertz CT molecular complexity index is 1050. The Kier molecular flexibility index (Phi) is 5.93. The van der Waals surface area contributed by atoms with Crippen molar-refractivity contribution in [2.45, 2.75) is 40.7 Å². The van der Waals surface area contributed by atoms with Crippen LogP contribution in [0.3, 0.4) is 0 Å². The summed E-state index contributed by atoms with van der Waals surface area (Å²) < 4.78 is 48.4. The highest BCUT2D eigenvalue weighted by Crippen LogP contribution is 2.44. The maximum atomic E-state index is 13.6. The molecule has 1 saturated heterocycles. The fourth-order valence-electron chi connectivity index (χ4n) is 4.30. The van der Waals surface area contributed by atoms with Crippen LogP contribution in [0.15, 0.2) is 82.6 Å².